The Balaban J connectivity index is 1.96. The maximum absolute atomic E-state index is 8.86. The molecule has 0 saturated carbocycles. The molecule has 0 atom stereocenters. The van der Waals surface area contributed by atoms with Crippen molar-refractivity contribution in [2.75, 3.05) is 20.1 Å². The van der Waals surface area contributed by atoms with Gasteiger partial charge in [0.15, 0.2) is 5.65 Å². The topological polar surface area (TPSA) is 57.7 Å². The van der Waals surface area contributed by atoms with Crippen LogP contribution in [0.2, 0.25) is 0 Å². The molecule has 2 aromatic heterocycles. The van der Waals surface area contributed by atoms with Gasteiger partial charge in [0.1, 0.15) is 6.07 Å². The van der Waals surface area contributed by atoms with Gasteiger partial charge in [0.05, 0.1) is 17.8 Å². The van der Waals surface area contributed by atoms with Crippen LogP contribution in [0.4, 0.5) is 0 Å². The minimum Gasteiger partial charge on any atom is -0.306 e. The molecular formula is C13H15N5. The first-order valence-corrected chi connectivity index (χ1v) is 6.20. The largest absolute Gasteiger partial charge is 0.306 e. The number of hydrogen-bond acceptors (Lipinski definition) is 4. The lowest BCUT2D eigenvalue weighted by Crippen LogP contribution is -2.31. The molecule has 0 spiro atoms. The third-order valence-electron chi connectivity index (χ3n) is 3.60. The van der Waals surface area contributed by atoms with Crippen molar-refractivity contribution in [3.05, 3.63) is 24.0 Å². The fraction of sp³-hybridized carbons (Fsp3) is 0.462. The molecule has 0 aliphatic carbocycles. The van der Waals surface area contributed by atoms with Crippen molar-refractivity contribution < 1.29 is 0 Å². The van der Waals surface area contributed by atoms with Crippen molar-refractivity contribution >= 4 is 11.0 Å². The quantitative estimate of drug-likeness (QED) is 0.760. The Kier molecular flexibility index (Phi) is 2.73. The highest BCUT2D eigenvalue weighted by Gasteiger charge is 2.20. The van der Waals surface area contributed by atoms with E-state index >= 15 is 0 Å². The van der Waals surface area contributed by atoms with Gasteiger partial charge in [-0.15, -0.1) is 0 Å². The van der Waals surface area contributed by atoms with Crippen molar-refractivity contribution in [1.82, 2.24) is 19.7 Å². The summed E-state index contributed by atoms with van der Waals surface area (Å²) in [6.45, 7) is 2.20. The summed E-state index contributed by atoms with van der Waals surface area (Å²) >= 11 is 0. The Labute approximate surface area is 106 Å². The van der Waals surface area contributed by atoms with Crippen LogP contribution in [0.3, 0.4) is 0 Å². The summed E-state index contributed by atoms with van der Waals surface area (Å²) < 4.78 is 2.02. The van der Waals surface area contributed by atoms with Crippen LogP contribution in [0, 0.1) is 11.3 Å². The van der Waals surface area contributed by atoms with E-state index in [1.165, 1.54) is 0 Å². The summed E-state index contributed by atoms with van der Waals surface area (Å²) in [5.74, 6) is 0. The molecule has 3 heterocycles. The molecule has 1 saturated heterocycles. The lowest BCUT2D eigenvalue weighted by Gasteiger charge is -2.29. The Bertz CT molecular complexity index is 601. The number of nitrogens with zero attached hydrogens (tertiary/aromatic N) is 5. The van der Waals surface area contributed by atoms with Gasteiger partial charge < -0.3 is 4.90 Å². The van der Waals surface area contributed by atoms with E-state index in [1.54, 1.807) is 6.20 Å². The predicted octanol–water partition coefficient (Wildman–Crippen LogP) is 1.57. The zero-order chi connectivity index (χ0) is 12.5. The van der Waals surface area contributed by atoms with Crippen LogP contribution in [0.5, 0.6) is 0 Å². The van der Waals surface area contributed by atoms with Gasteiger partial charge in [-0.05, 0) is 39.0 Å². The molecule has 1 aliphatic rings. The summed E-state index contributed by atoms with van der Waals surface area (Å²) in [4.78, 5) is 6.71. The van der Waals surface area contributed by atoms with Crippen LogP contribution < -0.4 is 0 Å². The third kappa shape index (κ3) is 1.85. The molecule has 0 N–H and O–H groups in total. The molecule has 1 fully saturated rings. The van der Waals surface area contributed by atoms with Gasteiger partial charge in [0.25, 0.3) is 0 Å². The number of aromatic nitrogens is 3. The number of rotatable bonds is 1. The molecular weight excluding hydrogens is 226 g/mol. The summed E-state index contributed by atoms with van der Waals surface area (Å²) in [5.41, 5.74) is 1.48. The van der Waals surface area contributed by atoms with Crippen molar-refractivity contribution in [3.8, 4) is 6.07 Å². The van der Waals surface area contributed by atoms with Crippen LogP contribution in [0.1, 0.15) is 24.4 Å². The van der Waals surface area contributed by atoms with Gasteiger partial charge in [0.2, 0.25) is 0 Å². The fourth-order valence-corrected chi connectivity index (χ4v) is 2.51. The van der Waals surface area contributed by atoms with Gasteiger partial charge in [-0.25, -0.2) is 9.67 Å². The first-order valence-electron chi connectivity index (χ1n) is 6.20. The van der Waals surface area contributed by atoms with E-state index in [-0.39, 0.29) is 0 Å². The maximum atomic E-state index is 8.86. The molecule has 5 heteroatoms. The second-order valence-corrected chi connectivity index (χ2v) is 4.87. The van der Waals surface area contributed by atoms with Gasteiger partial charge in [-0.3, -0.25) is 0 Å². The average molecular weight is 241 g/mol. The van der Waals surface area contributed by atoms with E-state index < -0.39 is 0 Å². The van der Waals surface area contributed by atoms with Crippen molar-refractivity contribution in [2.24, 2.45) is 0 Å². The first kappa shape index (κ1) is 11.2. The zero-order valence-electron chi connectivity index (χ0n) is 10.4. The Hall–Kier alpha value is -1.93. The minimum absolute atomic E-state index is 0.430. The smallest absolute Gasteiger partial charge is 0.158 e. The summed E-state index contributed by atoms with van der Waals surface area (Å²) in [5, 5.41) is 14.3. The average Bonchev–Trinajstić information content (AvgIpc) is 2.82. The van der Waals surface area contributed by atoms with Crippen molar-refractivity contribution in [1.29, 1.82) is 5.26 Å². The summed E-state index contributed by atoms with van der Waals surface area (Å²) in [6.07, 6.45) is 5.64. The maximum Gasteiger partial charge on any atom is 0.158 e. The molecule has 3 rings (SSSR count). The number of nitriles is 1. The molecule has 92 valence electrons. The summed E-state index contributed by atoms with van der Waals surface area (Å²) in [6, 6.07) is 4.39. The predicted molar refractivity (Wildman–Crippen MR) is 68.0 cm³/mol. The highest BCUT2D eigenvalue weighted by molar-refractivity contribution is 5.75. The van der Waals surface area contributed by atoms with Crippen LogP contribution in [-0.2, 0) is 0 Å². The molecule has 0 unspecified atom stereocenters. The van der Waals surface area contributed by atoms with Crippen molar-refractivity contribution in [2.45, 2.75) is 18.9 Å². The van der Waals surface area contributed by atoms with Gasteiger partial charge in [-0.2, -0.15) is 10.4 Å². The fourth-order valence-electron chi connectivity index (χ4n) is 2.51. The Morgan fingerprint density at radius 3 is 2.83 bits per heavy atom. The normalized spacial score (nSPS) is 18.0. The van der Waals surface area contributed by atoms with E-state index in [0.29, 0.717) is 11.6 Å². The van der Waals surface area contributed by atoms with E-state index in [9.17, 15) is 0 Å². The lowest BCUT2D eigenvalue weighted by molar-refractivity contribution is 0.215. The molecule has 0 aromatic carbocycles. The Morgan fingerprint density at radius 2 is 2.11 bits per heavy atom. The van der Waals surface area contributed by atoms with Crippen LogP contribution >= 0.6 is 0 Å². The molecule has 0 amide bonds. The van der Waals surface area contributed by atoms with Crippen LogP contribution in [-0.4, -0.2) is 39.8 Å². The van der Waals surface area contributed by atoms with Crippen LogP contribution in [0.15, 0.2) is 18.5 Å². The monoisotopic (exact) mass is 241 g/mol. The molecule has 5 nitrogen and oxygen atoms in total. The number of likely N-dealkylation sites (tertiary alicyclic amines) is 1. The van der Waals surface area contributed by atoms with E-state index in [0.717, 1.165) is 37.0 Å². The van der Waals surface area contributed by atoms with Gasteiger partial charge in [0, 0.05) is 11.6 Å². The Morgan fingerprint density at radius 1 is 1.33 bits per heavy atom. The number of hydrogen-bond donors (Lipinski definition) is 0. The van der Waals surface area contributed by atoms with E-state index in [2.05, 4.69) is 28.1 Å². The standard InChI is InChI=1S/C13H15N5/c1-17-4-2-12(3-5-17)18-13-11(9-16-18)6-10(7-14)8-15-13/h6,8-9,12H,2-5H2,1H3. The number of piperidine rings is 1. The third-order valence-corrected chi connectivity index (χ3v) is 3.60. The van der Waals surface area contributed by atoms with Crippen molar-refractivity contribution in [3.63, 3.8) is 0 Å². The zero-order valence-corrected chi connectivity index (χ0v) is 10.4. The molecule has 0 radical (unpaired) electrons. The molecule has 2 aromatic rings. The number of pyridine rings is 1. The van der Waals surface area contributed by atoms with E-state index in [4.69, 9.17) is 5.26 Å². The summed E-state index contributed by atoms with van der Waals surface area (Å²) in [7, 11) is 2.15. The molecule has 18 heavy (non-hydrogen) atoms. The van der Waals surface area contributed by atoms with Gasteiger partial charge in [-0.1, -0.05) is 0 Å². The highest BCUT2D eigenvalue weighted by Crippen LogP contribution is 2.24. The first-order chi connectivity index (χ1) is 8.78. The van der Waals surface area contributed by atoms with Gasteiger partial charge >= 0.3 is 0 Å². The van der Waals surface area contributed by atoms with E-state index in [1.807, 2.05) is 16.9 Å². The SMILES string of the molecule is CN1CCC(n2ncc3cc(C#N)cnc32)CC1. The molecule has 1 aliphatic heterocycles. The molecule has 0 bridgehead atoms. The highest BCUT2D eigenvalue weighted by atomic mass is 15.3. The second kappa shape index (κ2) is 4.39. The minimum atomic E-state index is 0.430. The number of fused-ring (bicyclic) bond motifs is 1. The second-order valence-electron chi connectivity index (χ2n) is 4.87. The van der Waals surface area contributed by atoms with Crippen LogP contribution in [0.25, 0.3) is 11.0 Å². The lowest BCUT2D eigenvalue weighted by atomic mass is 10.1.